The smallest absolute Gasteiger partial charge is 0.272 e. The second kappa shape index (κ2) is 6.61. The van der Waals surface area contributed by atoms with Gasteiger partial charge in [0.1, 0.15) is 10.3 Å². The summed E-state index contributed by atoms with van der Waals surface area (Å²) in [4.78, 5) is 22.8. The Balaban J connectivity index is 2.18. The highest BCUT2D eigenvalue weighted by atomic mass is 79.9. The summed E-state index contributed by atoms with van der Waals surface area (Å²) in [6.07, 6.45) is 0. The molecule has 5 heteroatoms. The Kier molecular flexibility index (Phi) is 4.84. The van der Waals surface area contributed by atoms with Crippen LogP contribution in [0.2, 0.25) is 0 Å². The van der Waals surface area contributed by atoms with Crippen LogP contribution in [0.15, 0.2) is 41.0 Å². The Bertz CT molecular complexity index is 616. The molecule has 0 spiro atoms. The van der Waals surface area contributed by atoms with Crippen molar-refractivity contribution in [3.8, 4) is 0 Å². The molecule has 20 heavy (non-hydrogen) atoms. The van der Waals surface area contributed by atoms with E-state index in [1.54, 1.807) is 17.0 Å². The van der Waals surface area contributed by atoms with Gasteiger partial charge in [-0.1, -0.05) is 12.1 Å². The molecule has 0 fully saturated rings. The number of pyridine rings is 2. The predicted molar refractivity (Wildman–Crippen MR) is 81.3 cm³/mol. The summed E-state index contributed by atoms with van der Waals surface area (Å²) in [6, 6.07) is 11.2. The van der Waals surface area contributed by atoms with Gasteiger partial charge in [0.25, 0.3) is 5.91 Å². The molecule has 0 radical (unpaired) electrons. The van der Waals surface area contributed by atoms with Gasteiger partial charge in [-0.25, -0.2) is 4.98 Å². The van der Waals surface area contributed by atoms with Crippen LogP contribution in [0.25, 0.3) is 0 Å². The fourth-order valence-electron chi connectivity index (χ4n) is 1.90. The van der Waals surface area contributed by atoms with Crippen LogP contribution in [0.1, 0.15) is 28.8 Å². The molecule has 0 saturated heterocycles. The molecule has 104 valence electrons. The SMILES string of the molecule is CCN(Cc1cccc(C)n1)C(=O)c1cccc(Br)n1. The van der Waals surface area contributed by atoms with E-state index in [9.17, 15) is 4.79 Å². The fourth-order valence-corrected chi connectivity index (χ4v) is 2.24. The lowest BCUT2D eigenvalue weighted by molar-refractivity contribution is 0.0744. The topological polar surface area (TPSA) is 46.1 Å². The van der Waals surface area contributed by atoms with Crippen molar-refractivity contribution in [2.75, 3.05) is 6.54 Å². The van der Waals surface area contributed by atoms with E-state index < -0.39 is 0 Å². The van der Waals surface area contributed by atoms with Crippen LogP contribution in [0.3, 0.4) is 0 Å². The number of aromatic nitrogens is 2. The van der Waals surface area contributed by atoms with E-state index in [4.69, 9.17) is 0 Å². The molecule has 0 unspecified atom stereocenters. The molecule has 2 rings (SSSR count). The summed E-state index contributed by atoms with van der Waals surface area (Å²) in [5.74, 6) is -0.0860. The van der Waals surface area contributed by atoms with E-state index in [0.29, 0.717) is 23.4 Å². The molecule has 4 nitrogen and oxygen atoms in total. The van der Waals surface area contributed by atoms with Gasteiger partial charge >= 0.3 is 0 Å². The number of rotatable bonds is 4. The quantitative estimate of drug-likeness (QED) is 0.807. The molecule has 0 bridgehead atoms. The van der Waals surface area contributed by atoms with E-state index in [2.05, 4.69) is 25.9 Å². The van der Waals surface area contributed by atoms with E-state index in [1.165, 1.54) is 0 Å². The second-order valence-electron chi connectivity index (χ2n) is 4.44. The maximum atomic E-state index is 12.4. The number of carbonyl (C=O) groups excluding carboxylic acids is 1. The maximum Gasteiger partial charge on any atom is 0.272 e. The molecule has 0 saturated carbocycles. The first kappa shape index (κ1) is 14.7. The summed E-state index contributed by atoms with van der Waals surface area (Å²) < 4.78 is 0.660. The first-order valence-corrected chi connectivity index (χ1v) is 7.24. The van der Waals surface area contributed by atoms with Gasteiger partial charge in [-0.05, 0) is 54.0 Å². The highest BCUT2D eigenvalue weighted by Crippen LogP contribution is 2.11. The third-order valence-corrected chi connectivity index (χ3v) is 3.34. The summed E-state index contributed by atoms with van der Waals surface area (Å²) in [5, 5.41) is 0. The van der Waals surface area contributed by atoms with Gasteiger partial charge in [0.2, 0.25) is 0 Å². The van der Waals surface area contributed by atoms with Crippen LogP contribution < -0.4 is 0 Å². The molecule has 2 aromatic heterocycles. The van der Waals surface area contributed by atoms with Crippen molar-refractivity contribution in [2.24, 2.45) is 0 Å². The molecular formula is C15H16BrN3O. The Morgan fingerprint density at radius 3 is 2.60 bits per heavy atom. The van der Waals surface area contributed by atoms with Crippen LogP contribution in [0, 0.1) is 6.92 Å². The average molecular weight is 334 g/mol. The lowest BCUT2D eigenvalue weighted by Crippen LogP contribution is -2.31. The molecule has 2 heterocycles. The zero-order chi connectivity index (χ0) is 14.5. The maximum absolute atomic E-state index is 12.4. The Morgan fingerprint density at radius 1 is 1.20 bits per heavy atom. The molecule has 1 amide bonds. The van der Waals surface area contributed by atoms with Crippen LogP contribution in [-0.4, -0.2) is 27.3 Å². The third kappa shape index (κ3) is 3.63. The monoisotopic (exact) mass is 333 g/mol. The van der Waals surface area contributed by atoms with Gasteiger partial charge in [0.15, 0.2) is 0 Å². The highest BCUT2D eigenvalue weighted by Gasteiger charge is 2.16. The minimum atomic E-state index is -0.0860. The zero-order valence-electron chi connectivity index (χ0n) is 11.5. The number of nitrogens with zero attached hydrogens (tertiary/aromatic N) is 3. The van der Waals surface area contributed by atoms with Crippen molar-refractivity contribution in [3.63, 3.8) is 0 Å². The molecular weight excluding hydrogens is 318 g/mol. The highest BCUT2D eigenvalue weighted by molar-refractivity contribution is 9.10. The standard InChI is InChI=1S/C15H16BrN3O/c1-3-19(10-12-7-4-6-11(2)17-12)15(20)13-8-5-9-14(16)18-13/h4-9H,3,10H2,1-2H3. The van der Waals surface area contributed by atoms with E-state index in [0.717, 1.165) is 11.4 Å². The number of halogens is 1. The van der Waals surface area contributed by atoms with Gasteiger partial charge in [-0.3, -0.25) is 9.78 Å². The number of hydrogen-bond acceptors (Lipinski definition) is 3. The first-order valence-electron chi connectivity index (χ1n) is 6.44. The fraction of sp³-hybridized carbons (Fsp3) is 0.267. The van der Waals surface area contributed by atoms with Crippen molar-refractivity contribution < 1.29 is 4.79 Å². The van der Waals surface area contributed by atoms with Crippen LogP contribution in [0.4, 0.5) is 0 Å². The summed E-state index contributed by atoms with van der Waals surface area (Å²) in [5.41, 5.74) is 2.27. The van der Waals surface area contributed by atoms with Gasteiger partial charge < -0.3 is 4.90 Å². The van der Waals surface area contributed by atoms with Crippen molar-refractivity contribution in [3.05, 3.63) is 58.1 Å². The summed E-state index contributed by atoms with van der Waals surface area (Å²) in [7, 11) is 0. The molecule has 0 atom stereocenters. The van der Waals surface area contributed by atoms with Crippen molar-refractivity contribution in [1.82, 2.24) is 14.9 Å². The first-order chi connectivity index (χ1) is 9.60. The molecule has 0 aliphatic rings. The molecule has 0 aromatic carbocycles. The Hall–Kier alpha value is -1.75. The summed E-state index contributed by atoms with van der Waals surface area (Å²) >= 11 is 3.28. The Morgan fingerprint density at radius 2 is 1.95 bits per heavy atom. The lowest BCUT2D eigenvalue weighted by atomic mass is 10.2. The number of amides is 1. The minimum Gasteiger partial charge on any atom is -0.332 e. The average Bonchev–Trinajstić information content (AvgIpc) is 2.44. The van der Waals surface area contributed by atoms with Crippen molar-refractivity contribution in [2.45, 2.75) is 20.4 Å². The largest absolute Gasteiger partial charge is 0.332 e. The molecule has 0 aliphatic heterocycles. The van der Waals surface area contributed by atoms with Crippen LogP contribution >= 0.6 is 15.9 Å². The molecule has 0 aliphatic carbocycles. The van der Waals surface area contributed by atoms with E-state index in [-0.39, 0.29) is 5.91 Å². The normalized spacial score (nSPS) is 10.3. The zero-order valence-corrected chi connectivity index (χ0v) is 13.1. The summed E-state index contributed by atoms with van der Waals surface area (Å²) in [6.45, 7) is 5.00. The molecule has 0 N–H and O–H groups in total. The van der Waals surface area contributed by atoms with Gasteiger partial charge in [-0.15, -0.1) is 0 Å². The van der Waals surface area contributed by atoms with E-state index in [1.807, 2.05) is 38.1 Å². The molecule has 2 aromatic rings. The van der Waals surface area contributed by atoms with Crippen LogP contribution in [-0.2, 0) is 6.54 Å². The third-order valence-electron chi connectivity index (χ3n) is 2.90. The number of hydrogen-bond donors (Lipinski definition) is 0. The number of carbonyl (C=O) groups is 1. The van der Waals surface area contributed by atoms with Crippen LogP contribution in [0.5, 0.6) is 0 Å². The number of aryl methyl sites for hydroxylation is 1. The second-order valence-corrected chi connectivity index (χ2v) is 5.25. The predicted octanol–water partition coefficient (Wildman–Crippen LogP) is 3.21. The Labute approximate surface area is 127 Å². The van der Waals surface area contributed by atoms with Gasteiger partial charge in [0.05, 0.1) is 12.2 Å². The van der Waals surface area contributed by atoms with Crippen molar-refractivity contribution >= 4 is 21.8 Å². The van der Waals surface area contributed by atoms with Gasteiger partial charge in [-0.2, -0.15) is 0 Å². The van der Waals surface area contributed by atoms with E-state index >= 15 is 0 Å². The van der Waals surface area contributed by atoms with Crippen molar-refractivity contribution in [1.29, 1.82) is 0 Å². The van der Waals surface area contributed by atoms with Gasteiger partial charge in [0, 0.05) is 12.2 Å². The lowest BCUT2D eigenvalue weighted by Gasteiger charge is -2.20. The minimum absolute atomic E-state index is 0.0860.